The monoisotopic (exact) mass is 316 g/mol. The Balaban J connectivity index is 1.85. The molecule has 0 bridgehead atoms. The first-order chi connectivity index (χ1) is 8.54. The number of rotatable bonds is 4. The van der Waals surface area contributed by atoms with Crippen LogP contribution < -0.4 is 10.6 Å². The van der Waals surface area contributed by atoms with Crippen molar-refractivity contribution in [1.29, 1.82) is 0 Å². The van der Waals surface area contributed by atoms with Crippen molar-refractivity contribution in [3.63, 3.8) is 0 Å². The Morgan fingerprint density at radius 2 is 2.22 bits per heavy atom. The van der Waals surface area contributed by atoms with Crippen molar-refractivity contribution in [3.05, 3.63) is 28.5 Å². The summed E-state index contributed by atoms with van der Waals surface area (Å²) < 4.78 is 13.3. The second-order valence-corrected chi connectivity index (χ2v) is 5.45. The van der Waals surface area contributed by atoms with Crippen LogP contribution in [0.25, 0.3) is 0 Å². The summed E-state index contributed by atoms with van der Waals surface area (Å²) in [4.78, 5) is 11.6. The van der Waals surface area contributed by atoms with Gasteiger partial charge in [0.2, 0.25) is 0 Å². The second-order valence-electron chi connectivity index (χ2n) is 4.59. The van der Waals surface area contributed by atoms with Crippen molar-refractivity contribution >= 4 is 27.6 Å². The van der Waals surface area contributed by atoms with Gasteiger partial charge in [-0.2, -0.15) is 0 Å². The van der Waals surface area contributed by atoms with E-state index < -0.39 is 0 Å². The molecular weight excluding hydrogens is 303 g/mol. The van der Waals surface area contributed by atoms with Crippen LogP contribution in [0.2, 0.25) is 0 Å². The van der Waals surface area contributed by atoms with Crippen molar-refractivity contribution in [2.75, 3.05) is 18.5 Å². The summed E-state index contributed by atoms with van der Waals surface area (Å²) >= 11 is 3.05. The molecule has 4 nitrogen and oxygen atoms in total. The lowest BCUT2D eigenvalue weighted by molar-refractivity contribution is 0.206. The Kier molecular flexibility index (Phi) is 3.87. The number of urea groups is 1. The highest BCUT2D eigenvalue weighted by molar-refractivity contribution is 9.10. The highest BCUT2D eigenvalue weighted by Gasteiger charge is 2.42. The Morgan fingerprint density at radius 3 is 2.78 bits per heavy atom. The van der Waals surface area contributed by atoms with Crippen LogP contribution in [-0.2, 0) is 0 Å². The third-order valence-corrected chi connectivity index (χ3v) is 3.70. The molecule has 1 aliphatic rings. The minimum Gasteiger partial charge on any atom is -0.396 e. The third kappa shape index (κ3) is 3.20. The quantitative estimate of drug-likeness (QED) is 0.799. The van der Waals surface area contributed by atoms with Crippen LogP contribution in [0.4, 0.5) is 14.9 Å². The number of anilines is 1. The summed E-state index contributed by atoms with van der Waals surface area (Å²) in [7, 11) is 0. The maximum Gasteiger partial charge on any atom is 0.319 e. The molecule has 1 aromatic carbocycles. The van der Waals surface area contributed by atoms with Crippen LogP contribution in [0, 0.1) is 11.2 Å². The average molecular weight is 317 g/mol. The van der Waals surface area contributed by atoms with Gasteiger partial charge in [0.25, 0.3) is 0 Å². The van der Waals surface area contributed by atoms with Crippen LogP contribution in [-0.4, -0.2) is 24.3 Å². The molecule has 0 aliphatic heterocycles. The van der Waals surface area contributed by atoms with E-state index in [9.17, 15) is 9.18 Å². The molecule has 1 aromatic rings. The summed E-state index contributed by atoms with van der Waals surface area (Å²) in [5, 5.41) is 14.4. The zero-order valence-electron chi connectivity index (χ0n) is 9.67. The fourth-order valence-electron chi connectivity index (χ4n) is 1.58. The van der Waals surface area contributed by atoms with E-state index in [0.717, 1.165) is 12.8 Å². The molecule has 0 unspecified atom stereocenters. The van der Waals surface area contributed by atoms with E-state index in [1.54, 1.807) is 0 Å². The van der Waals surface area contributed by atoms with Crippen molar-refractivity contribution < 1.29 is 14.3 Å². The fourth-order valence-corrected chi connectivity index (χ4v) is 1.96. The highest BCUT2D eigenvalue weighted by atomic mass is 79.9. The van der Waals surface area contributed by atoms with Gasteiger partial charge in [-0.15, -0.1) is 0 Å². The third-order valence-electron chi connectivity index (χ3n) is 3.09. The van der Waals surface area contributed by atoms with Crippen LogP contribution in [0.15, 0.2) is 22.7 Å². The van der Waals surface area contributed by atoms with Gasteiger partial charge in [0.15, 0.2) is 0 Å². The predicted molar refractivity (Wildman–Crippen MR) is 69.9 cm³/mol. The first-order valence-electron chi connectivity index (χ1n) is 5.65. The number of nitrogens with one attached hydrogen (secondary N) is 2. The van der Waals surface area contributed by atoms with Gasteiger partial charge in [0.05, 0.1) is 11.1 Å². The molecule has 98 valence electrons. The average Bonchev–Trinajstić information content (AvgIpc) is 3.12. The Morgan fingerprint density at radius 1 is 1.50 bits per heavy atom. The molecule has 0 aromatic heterocycles. The number of carbonyl (C=O) groups is 1. The predicted octanol–water partition coefficient (Wildman–Crippen LogP) is 2.48. The van der Waals surface area contributed by atoms with Crippen LogP contribution in [0.3, 0.4) is 0 Å². The summed E-state index contributed by atoms with van der Waals surface area (Å²) in [6.07, 6.45) is 1.87. The molecule has 6 heteroatoms. The van der Waals surface area contributed by atoms with Crippen molar-refractivity contribution in [2.24, 2.45) is 5.41 Å². The Labute approximate surface area is 113 Å². The van der Waals surface area contributed by atoms with E-state index in [0.29, 0.717) is 16.7 Å². The van der Waals surface area contributed by atoms with E-state index in [2.05, 4.69) is 26.6 Å². The topological polar surface area (TPSA) is 61.4 Å². The lowest BCUT2D eigenvalue weighted by atomic mass is 10.1. The number of aliphatic hydroxyl groups is 1. The molecule has 18 heavy (non-hydrogen) atoms. The van der Waals surface area contributed by atoms with E-state index in [1.807, 2.05) is 0 Å². The molecule has 0 heterocycles. The lowest BCUT2D eigenvalue weighted by Crippen LogP contribution is -2.35. The lowest BCUT2D eigenvalue weighted by Gasteiger charge is -2.13. The molecule has 1 aliphatic carbocycles. The molecule has 3 N–H and O–H groups in total. The maximum atomic E-state index is 13.0. The standard InChI is InChI=1S/C12H14BrFN2O2/c13-9-5-8(1-2-10(9)14)16-11(18)15-6-12(7-17)3-4-12/h1-2,5,17H,3-4,6-7H2,(H2,15,16,18). The molecule has 0 radical (unpaired) electrons. The Hall–Kier alpha value is -1.14. The SMILES string of the molecule is O=C(NCC1(CO)CC1)Nc1ccc(F)c(Br)c1. The van der Waals surface area contributed by atoms with Gasteiger partial charge in [-0.3, -0.25) is 0 Å². The van der Waals surface area contributed by atoms with Crippen molar-refractivity contribution in [2.45, 2.75) is 12.8 Å². The largest absolute Gasteiger partial charge is 0.396 e. The molecule has 0 spiro atoms. The summed E-state index contributed by atoms with van der Waals surface area (Å²) in [6.45, 7) is 0.549. The number of hydrogen-bond donors (Lipinski definition) is 3. The van der Waals surface area contributed by atoms with Crippen LogP contribution in [0.5, 0.6) is 0 Å². The van der Waals surface area contributed by atoms with E-state index in [4.69, 9.17) is 5.11 Å². The van der Waals surface area contributed by atoms with Gasteiger partial charge >= 0.3 is 6.03 Å². The molecule has 0 atom stereocenters. The molecular formula is C12H14BrFN2O2. The van der Waals surface area contributed by atoms with Gasteiger partial charge in [-0.1, -0.05) is 0 Å². The molecule has 0 saturated heterocycles. The number of benzene rings is 1. The van der Waals surface area contributed by atoms with Gasteiger partial charge in [-0.25, -0.2) is 9.18 Å². The van der Waals surface area contributed by atoms with E-state index in [-0.39, 0.29) is 23.9 Å². The molecule has 2 amide bonds. The minimum absolute atomic E-state index is 0.0926. The summed E-state index contributed by atoms with van der Waals surface area (Å²) in [6, 6.07) is 3.90. The number of carbonyl (C=O) groups excluding carboxylic acids is 1. The number of hydrogen-bond acceptors (Lipinski definition) is 2. The number of amides is 2. The first-order valence-corrected chi connectivity index (χ1v) is 6.45. The first kappa shape index (κ1) is 13.3. The molecule has 2 rings (SSSR count). The molecule has 1 saturated carbocycles. The van der Waals surface area contributed by atoms with Crippen molar-refractivity contribution in [3.8, 4) is 0 Å². The van der Waals surface area contributed by atoms with Crippen LogP contribution in [0.1, 0.15) is 12.8 Å². The fraction of sp³-hybridized carbons (Fsp3) is 0.417. The highest BCUT2D eigenvalue weighted by Crippen LogP contribution is 2.44. The van der Waals surface area contributed by atoms with Crippen LogP contribution >= 0.6 is 15.9 Å². The normalized spacial score (nSPS) is 16.2. The zero-order chi connectivity index (χ0) is 13.2. The van der Waals surface area contributed by atoms with Gasteiger partial charge < -0.3 is 15.7 Å². The smallest absolute Gasteiger partial charge is 0.319 e. The summed E-state index contributed by atoms with van der Waals surface area (Å²) in [5.41, 5.74) is 0.385. The van der Waals surface area contributed by atoms with E-state index in [1.165, 1.54) is 18.2 Å². The maximum absolute atomic E-state index is 13.0. The summed E-state index contributed by atoms with van der Waals surface area (Å²) in [5.74, 6) is -0.377. The van der Waals surface area contributed by atoms with Gasteiger partial charge in [-0.05, 0) is 47.0 Å². The van der Waals surface area contributed by atoms with Crippen molar-refractivity contribution in [1.82, 2.24) is 5.32 Å². The Bertz CT molecular complexity index is 463. The van der Waals surface area contributed by atoms with E-state index >= 15 is 0 Å². The molecule has 1 fully saturated rings. The minimum atomic E-state index is -0.377. The van der Waals surface area contributed by atoms with Gasteiger partial charge in [0, 0.05) is 17.6 Å². The number of aliphatic hydroxyl groups excluding tert-OH is 1. The number of halogens is 2. The second kappa shape index (κ2) is 5.24. The zero-order valence-corrected chi connectivity index (χ0v) is 11.3. The van der Waals surface area contributed by atoms with Gasteiger partial charge in [0.1, 0.15) is 5.82 Å².